The molecule has 2 rings (SSSR count). The van der Waals surface area contributed by atoms with Crippen molar-refractivity contribution < 1.29 is 0 Å². The number of aliphatic imine (C=N–C) groups is 1. The van der Waals surface area contributed by atoms with Crippen molar-refractivity contribution in [1.29, 1.82) is 0 Å². The molecule has 2 aromatic heterocycles. The van der Waals surface area contributed by atoms with Gasteiger partial charge in [-0.15, -0.1) is 35.3 Å². The Hall–Kier alpha value is -0.580. The molecule has 0 radical (unpaired) electrons. The maximum atomic E-state index is 4.43. The zero-order valence-electron chi connectivity index (χ0n) is 15.4. The zero-order valence-corrected chi connectivity index (χ0v) is 20.1. The molecule has 0 fully saturated rings. The molecule has 0 spiro atoms. The summed E-state index contributed by atoms with van der Waals surface area (Å²) in [5.74, 6) is 0.899. The van der Waals surface area contributed by atoms with Crippen molar-refractivity contribution in [2.45, 2.75) is 12.6 Å². The van der Waals surface area contributed by atoms with Crippen LogP contribution in [0.5, 0.6) is 0 Å². The first-order valence-corrected chi connectivity index (χ1v) is 9.52. The van der Waals surface area contributed by atoms with E-state index in [9.17, 15) is 0 Å². The Morgan fingerprint density at radius 3 is 2.60 bits per heavy atom. The quantitative estimate of drug-likeness (QED) is 0.345. The van der Waals surface area contributed by atoms with Crippen LogP contribution in [-0.2, 0) is 13.6 Å². The van der Waals surface area contributed by atoms with Gasteiger partial charge in [0.25, 0.3) is 0 Å². The summed E-state index contributed by atoms with van der Waals surface area (Å²) in [6.07, 6.45) is 2.07. The lowest BCUT2D eigenvalue weighted by atomic mass is 10.2. The monoisotopic (exact) mass is 539 g/mol. The summed E-state index contributed by atoms with van der Waals surface area (Å²) in [5.41, 5.74) is 1.23. The molecule has 2 aromatic rings. The van der Waals surface area contributed by atoms with Crippen LogP contribution in [0.25, 0.3) is 0 Å². The summed E-state index contributed by atoms with van der Waals surface area (Å²) in [6, 6.07) is 6.76. The van der Waals surface area contributed by atoms with E-state index in [2.05, 4.69) is 98.6 Å². The fraction of sp³-hybridized carbons (Fsp3) is 0.471. The zero-order chi connectivity index (χ0) is 17.7. The number of halogens is 2. The fourth-order valence-electron chi connectivity index (χ4n) is 2.63. The van der Waals surface area contributed by atoms with E-state index in [1.807, 2.05) is 7.05 Å². The number of aryl methyl sites for hydroxylation is 1. The van der Waals surface area contributed by atoms with Gasteiger partial charge in [-0.1, -0.05) is 6.07 Å². The molecule has 0 amide bonds. The second-order valence-corrected chi connectivity index (χ2v) is 7.93. The number of likely N-dealkylation sites (N-methyl/N-ethyl adjacent to an activating group) is 1. The second kappa shape index (κ2) is 10.5. The summed E-state index contributed by atoms with van der Waals surface area (Å²) in [7, 11) is 10.2. The van der Waals surface area contributed by atoms with Crippen LogP contribution in [0.3, 0.4) is 0 Å². The van der Waals surface area contributed by atoms with E-state index in [-0.39, 0.29) is 24.0 Å². The van der Waals surface area contributed by atoms with E-state index in [1.165, 1.54) is 10.6 Å². The van der Waals surface area contributed by atoms with Gasteiger partial charge in [0, 0.05) is 48.9 Å². The lowest BCUT2D eigenvalue weighted by Crippen LogP contribution is -2.42. The Balaban J connectivity index is 0.00000312. The third kappa shape index (κ3) is 6.26. The Bertz CT molecular complexity index is 669. The Labute approximate surface area is 180 Å². The van der Waals surface area contributed by atoms with Crippen LogP contribution < -0.4 is 5.32 Å². The van der Waals surface area contributed by atoms with Crippen molar-refractivity contribution >= 4 is 57.2 Å². The number of hydrogen-bond acceptors (Lipinski definition) is 3. The number of thiophene rings is 1. The highest BCUT2D eigenvalue weighted by molar-refractivity contribution is 14.0. The number of hydrogen-bond donors (Lipinski definition) is 1. The number of nitrogens with zero attached hydrogens (tertiary/aromatic N) is 4. The van der Waals surface area contributed by atoms with Gasteiger partial charge in [-0.2, -0.15) is 0 Å². The molecule has 140 valence electrons. The molecule has 0 aliphatic carbocycles. The predicted molar refractivity (Wildman–Crippen MR) is 122 cm³/mol. The summed E-state index contributed by atoms with van der Waals surface area (Å²) < 4.78 is 3.23. The van der Waals surface area contributed by atoms with Crippen LogP contribution in [0.15, 0.2) is 39.2 Å². The molecule has 0 saturated heterocycles. The maximum absolute atomic E-state index is 4.43. The van der Waals surface area contributed by atoms with Gasteiger partial charge in [0.05, 0.1) is 12.6 Å². The van der Waals surface area contributed by atoms with Crippen molar-refractivity contribution in [3.63, 3.8) is 0 Å². The molecular weight excluding hydrogens is 513 g/mol. The number of nitrogens with one attached hydrogen (secondary N) is 1. The van der Waals surface area contributed by atoms with E-state index in [0.29, 0.717) is 6.04 Å². The average Bonchev–Trinajstić information content (AvgIpc) is 3.13. The molecule has 0 aromatic carbocycles. The van der Waals surface area contributed by atoms with Crippen molar-refractivity contribution in [3.05, 3.63) is 44.8 Å². The Morgan fingerprint density at radius 1 is 1.40 bits per heavy atom. The minimum Gasteiger partial charge on any atom is -0.354 e. The standard InChI is InChI=1S/C17H26BrN5S.HI/c1-19-17(23(5)12-14-9-13(18)11-22(14)4)20-10-15(21(2)3)16-7-6-8-24-16;/h6-9,11,15H,10,12H2,1-5H3,(H,19,20);1H. The van der Waals surface area contributed by atoms with Crippen LogP contribution in [0.4, 0.5) is 0 Å². The first-order chi connectivity index (χ1) is 11.4. The van der Waals surface area contributed by atoms with Gasteiger partial charge in [0.2, 0.25) is 0 Å². The summed E-state index contributed by atoms with van der Waals surface area (Å²) in [4.78, 5) is 10.2. The van der Waals surface area contributed by atoms with Crippen molar-refractivity contribution in [2.75, 3.05) is 34.7 Å². The Kier molecular flexibility index (Phi) is 9.47. The van der Waals surface area contributed by atoms with Crippen LogP contribution in [-0.4, -0.2) is 55.1 Å². The molecule has 8 heteroatoms. The van der Waals surface area contributed by atoms with Crippen molar-refractivity contribution in [1.82, 2.24) is 19.7 Å². The van der Waals surface area contributed by atoms with Crippen LogP contribution in [0.2, 0.25) is 0 Å². The molecule has 1 unspecified atom stereocenters. The van der Waals surface area contributed by atoms with E-state index < -0.39 is 0 Å². The summed E-state index contributed by atoms with van der Waals surface area (Å²) in [5, 5.41) is 5.63. The molecule has 5 nitrogen and oxygen atoms in total. The summed E-state index contributed by atoms with van der Waals surface area (Å²) in [6.45, 7) is 1.62. The van der Waals surface area contributed by atoms with Gasteiger partial charge in [0.1, 0.15) is 0 Å². The summed E-state index contributed by atoms with van der Waals surface area (Å²) >= 11 is 5.32. The van der Waals surface area contributed by atoms with Gasteiger partial charge in [-0.3, -0.25) is 4.99 Å². The fourth-order valence-corrected chi connectivity index (χ4v) is 4.13. The van der Waals surface area contributed by atoms with Gasteiger partial charge < -0.3 is 19.7 Å². The highest BCUT2D eigenvalue weighted by Crippen LogP contribution is 2.22. The van der Waals surface area contributed by atoms with Crippen LogP contribution in [0.1, 0.15) is 16.6 Å². The third-order valence-corrected chi connectivity index (χ3v) is 5.40. The van der Waals surface area contributed by atoms with Crippen molar-refractivity contribution in [3.8, 4) is 0 Å². The lowest BCUT2D eigenvalue weighted by Gasteiger charge is -2.27. The minimum absolute atomic E-state index is 0. The normalized spacial score (nSPS) is 12.8. The number of rotatable bonds is 6. The van der Waals surface area contributed by atoms with E-state index in [4.69, 9.17) is 0 Å². The molecule has 25 heavy (non-hydrogen) atoms. The van der Waals surface area contributed by atoms with Gasteiger partial charge in [0.15, 0.2) is 5.96 Å². The van der Waals surface area contributed by atoms with Crippen LogP contribution in [0, 0.1) is 0 Å². The van der Waals surface area contributed by atoms with Gasteiger partial charge in [-0.25, -0.2) is 0 Å². The van der Waals surface area contributed by atoms with E-state index in [1.54, 1.807) is 11.3 Å². The van der Waals surface area contributed by atoms with Gasteiger partial charge in [-0.05, 0) is 47.5 Å². The second-order valence-electron chi connectivity index (χ2n) is 6.04. The largest absolute Gasteiger partial charge is 0.354 e. The lowest BCUT2D eigenvalue weighted by molar-refractivity contribution is 0.299. The molecule has 0 aliphatic rings. The first-order valence-electron chi connectivity index (χ1n) is 7.84. The highest BCUT2D eigenvalue weighted by Gasteiger charge is 2.17. The highest BCUT2D eigenvalue weighted by atomic mass is 127. The number of guanidine groups is 1. The van der Waals surface area contributed by atoms with Crippen LogP contribution >= 0.6 is 51.2 Å². The topological polar surface area (TPSA) is 35.8 Å². The smallest absolute Gasteiger partial charge is 0.193 e. The SMILES string of the molecule is CN=C(NCC(c1cccs1)N(C)C)N(C)Cc1cc(Br)cn1C.I. The third-order valence-electron chi connectivity index (χ3n) is 4.00. The van der Waals surface area contributed by atoms with E-state index >= 15 is 0 Å². The maximum Gasteiger partial charge on any atom is 0.193 e. The molecule has 0 saturated carbocycles. The Morgan fingerprint density at radius 2 is 2.12 bits per heavy atom. The predicted octanol–water partition coefficient (Wildman–Crippen LogP) is 3.78. The molecule has 0 aliphatic heterocycles. The average molecular weight is 540 g/mol. The first kappa shape index (κ1) is 22.5. The molecule has 0 bridgehead atoms. The number of aromatic nitrogens is 1. The molecule has 1 atom stereocenters. The molecular formula is C17H27BrIN5S. The van der Waals surface area contributed by atoms with E-state index in [0.717, 1.165) is 23.5 Å². The van der Waals surface area contributed by atoms with Gasteiger partial charge >= 0.3 is 0 Å². The molecule has 1 N–H and O–H groups in total. The molecule has 2 heterocycles. The minimum atomic E-state index is 0. The van der Waals surface area contributed by atoms with Crippen molar-refractivity contribution in [2.24, 2.45) is 12.0 Å².